The number of hydrogen-bond acceptors (Lipinski definition) is 2. The highest BCUT2D eigenvalue weighted by molar-refractivity contribution is 6.51. The van der Waals surface area contributed by atoms with Crippen molar-refractivity contribution in [3.63, 3.8) is 0 Å². The second-order valence-corrected chi connectivity index (χ2v) is 7.54. The Morgan fingerprint density at radius 2 is 1.50 bits per heavy atom. The fourth-order valence-corrected chi connectivity index (χ4v) is 5.12. The van der Waals surface area contributed by atoms with Gasteiger partial charge < -0.3 is 3.79 Å². The fraction of sp³-hybridized carbons (Fsp3) is 1.00. The van der Waals surface area contributed by atoms with Crippen molar-refractivity contribution in [1.82, 2.24) is 4.90 Å². The molecule has 0 saturated heterocycles. The van der Waals surface area contributed by atoms with E-state index in [0.717, 1.165) is 6.42 Å². The van der Waals surface area contributed by atoms with Crippen molar-refractivity contribution >= 4 is 14.5 Å². The molecule has 0 N–H and O–H groups in total. The minimum Gasteiger partial charge on any atom is -0.487 e. The van der Waals surface area contributed by atoms with Gasteiger partial charge in [-0.05, 0) is 20.5 Å². The zero-order chi connectivity index (χ0) is 12.4. The van der Waals surface area contributed by atoms with Gasteiger partial charge in [0.1, 0.15) is 0 Å². The molecule has 0 bridgehead atoms. The minimum atomic E-state index is -0.942. The predicted molar refractivity (Wildman–Crippen MR) is 74.0 cm³/mol. The number of hydrogen-bond donors (Lipinski definition) is 0. The van der Waals surface area contributed by atoms with E-state index >= 15 is 0 Å². The molecule has 96 valence electrons. The summed E-state index contributed by atoms with van der Waals surface area (Å²) in [4.78, 5) is 2.22. The van der Waals surface area contributed by atoms with Crippen LogP contribution in [-0.2, 0) is 3.79 Å². The molecule has 0 rings (SSSR count). The Bertz CT molecular complexity index is 145. The number of rotatable bonds is 10. The average Bonchev–Trinajstić information content (AvgIpc) is 2.27. The quantitative estimate of drug-likeness (QED) is 0.426. The van der Waals surface area contributed by atoms with Crippen LogP contribution in [0.15, 0.2) is 0 Å². The molecule has 0 fully saturated rings. The highest BCUT2D eigenvalue weighted by Crippen LogP contribution is 2.15. The van der Waals surface area contributed by atoms with E-state index in [9.17, 15) is 0 Å². The topological polar surface area (TPSA) is 12.5 Å². The van der Waals surface area contributed by atoms with Gasteiger partial charge in [0.25, 0.3) is 0 Å². The molecule has 3 heteroatoms. The van der Waals surface area contributed by atoms with E-state index in [-0.39, 0.29) is 0 Å². The lowest BCUT2D eigenvalue weighted by Crippen LogP contribution is -2.35. The van der Waals surface area contributed by atoms with Crippen LogP contribution in [0.3, 0.4) is 0 Å². The molecule has 0 aromatic heterocycles. The standard InChI is InChI=1S/C5H12NO.2C4H9.Al/c1-4-5(7)6(2)3;2*1-3-4-2;/h5H,4H2,1-3H3;2*1,3-4H2,2H3;/q-1;;;+1. The summed E-state index contributed by atoms with van der Waals surface area (Å²) >= 11 is -0.942. The van der Waals surface area contributed by atoms with E-state index < -0.39 is 14.5 Å². The summed E-state index contributed by atoms with van der Waals surface area (Å²) in [5.41, 5.74) is 0. The zero-order valence-corrected chi connectivity index (χ0v) is 13.1. The summed E-state index contributed by atoms with van der Waals surface area (Å²) in [7, 11) is 4.25. The maximum absolute atomic E-state index is 6.33. The van der Waals surface area contributed by atoms with Crippen LogP contribution in [-0.4, -0.2) is 39.7 Å². The smallest absolute Gasteiger partial charge is 0.461 e. The van der Waals surface area contributed by atoms with Gasteiger partial charge in [-0.1, -0.05) is 57.0 Å². The van der Waals surface area contributed by atoms with Gasteiger partial charge in [0.15, 0.2) is 0 Å². The molecule has 1 atom stereocenters. The molecule has 0 radical (unpaired) electrons. The van der Waals surface area contributed by atoms with Gasteiger partial charge in [-0.25, -0.2) is 0 Å². The van der Waals surface area contributed by atoms with Crippen molar-refractivity contribution in [2.45, 2.75) is 69.7 Å². The SMILES string of the molecule is CCC[CH2][Al]([CH2]CCC)[O]C(CC)N(C)C. The molecule has 0 spiro atoms. The van der Waals surface area contributed by atoms with Crippen LogP contribution in [0.5, 0.6) is 0 Å². The Balaban J connectivity index is 4.04. The molecule has 0 aliphatic carbocycles. The van der Waals surface area contributed by atoms with E-state index in [2.05, 4.69) is 39.8 Å². The molecule has 0 aliphatic rings. The van der Waals surface area contributed by atoms with Crippen LogP contribution in [0, 0.1) is 0 Å². The molecule has 0 amide bonds. The van der Waals surface area contributed by atoms with Crippen LogP contribution in [0.1, 0.15) is 52.9 Å². The van der Waals surface area contributed by atoms with Gasteiger partial charge in [0.05, 0.1) is 6.23 Å². The van der Waals surface area contributed by atoms with E-state index in [4.69, 9.17) is 3.79 Å². The largest absolute Gasteiger partial charge is 0.487 e. The van der Waals surface area contributed by atoms with Crippen LogP contribution >= 0.6 is 0 Å². The summed E-state index contributed by atoms with van der Waals surface area (Å²) in [5, 5.41) is 2.72. The van der Waals surface area contributed by atoms with Crippen LogP contribution in [0.25, 0.3) is 0 Å². The predicted octanol–water partition coefficient (Wildman–Crippen LogP) is 3.89. The monoisotopic (exact) mass is 243 g/mol. The average molecular weight is 243 g/mol. The lowest BCUT2D eigenvalue weighted by Gasteiger charge is -2.27. The van der Waals surface area contributed by atoms with Crippen molar-refractivity contribution in [3.8, 4) is 0 Å². The van der Waals surface area contributed by atoms with E-state index in [1.165, 1.54) is 36.2 Å². The summed E-state index contributed by atoms with van der Waals surface area (Å²) in [6, 6.07) is 0. The van der Waals surface area contributed by atoms with Crippen molar-refractivity contribution in [3.05, 3.63) is 0 Å². The van der Waals surface area contributed by atoms with E-state index in [1.54, 1.807) is 0 Å². The Hall–Kier alpha value is 0.452. The molecule has 1 unspecified atom stereocenters. The third-order valence-electron chi connectivity index (χ3n) is 3.03. The maximum atomic E-state index is 6.33. The van der Waals surface area contributed by atoms with Crippen molar-refractivity contribution in [1.29, 1.82) is 0 Å². The lowest BCUT2D eigenvalue weighted by molar-refractivity contribution is 0.0577. The second-order valence-electron chi connectivity index (χ2n) is 4.87. The van der Waals surface area contributed by atoms with Gasteiger partial charge in [0, 0.05) is 0 Å². The number of nitrogens with zero attached hydrogens (tertiary/aromatic N) is 1. The first kappa shape index (κ1) is 16.5. The molecular weight excluding hydrogens is 213 g/mol. The van der Waals surface area contributed by atoms with Gasteiger partial charge in [-0.2, -0.15) is 0 Å². The molecule has 0 aliphatic heterocycles. The summed E-state index contributed by atoms with van der Waals surface area (Å²) < 4.78 is 6.33. The minimum absolute atomic E-state index is 0.352. The van der Waals surface area contributed by atoms with Gasteiger partial charge in [0.2, 0.25) is 0 Å². The summed E-state index contributed by atoms with van der Waals surface area (Å²) in [6.45, 7) is 6.76. The Labute approximate surface area is 107 Å². The Morgan fingerprint density at radius 1 is 1.00 bits per heavy atom. The molecule has 16 heavy (non-hydrogen) atoms. The molecule has 0 heterocycles. The first-order chi connectivity index (χ1) is 7.65. The van der Waals surface area contributed by atoms with E-state index in [1.807, 2.05) is 0 Å². The highest BCUT2D eigenvalue weighted by Gasteiger charge is 2.23. The molecule has 0 saturated carbocycles. The summed E-state index contributed by atoms with van der Waals surface area (Å²) in [6.07, 6.45) is 6.77. The van der Waals surface area contributed by atoms with Crippen LogP contribution < -0.4 is 0 Å². The van der Waals surface area contributed by atoms with Gasteiger partial charge in [-0.15, -0.1) is 0 Å². The lowest BCUT2D eigenvalue weighted by atomic mass is 10.4. The Kier molecular flexibility index (Phi) is 10.9. The van der Waals surface area contributed by atoms with Gasteiger partial charge >= 0.3 is 14.5 Å². The van der Waals surface area contributed by atoms with Crippen molar-refractivity contribution < 1.29 is 3.79 Å². The molecule has 2 nitrogen and oxygen atoms in total. The van der Waals surface area contributed by atoms with Crippen molar-refractivity contribution in [2.24, 2.45) is 0 Å². The normalized spacial score (nSPS) is 13.1. The first-order valence-corrected chi connectivity index (χ1v) is 9.07. The van der Waals surface area contributed by atoms with Gasteiger partial charge in [-0.3, -0.25) is 4.90 Å². The Morgan fingerprint density at radius 3 is 1.81 bits per heavy atom. The third-order valence-corrected chi connectivity index (χ3v) is 5.84. The summed E-state index contributed by atoms with van der Waals surface area (Å²) in [5.74, 6) is 0. The molecule has 0 aromatic carbocycles. The highest BCUT2D eigenvalue weighted by atomic mass is 27.2. The maximum Gasteiger partial charge on any atom is 0.461 e. The van der Waals surface area contributed by atoms with Crippen molar-refractivity contribution in [2.75, 3.05) is 14.1 Å². The first-order valence-electron chi connectivity index (χ1n) is 6.97. The second kappa shape index (κ2) is 10.6. The zero-order valence-electron chi connectivity index (χ0n) is 12.0. The van der Waals surface area contributed by atoms with Crippen LogP contribution in [0.2, 0.25) is 10.6 Å². The van der Waals surface area contributed by atoms with Crippen LogP contribution in [0.4, 0.5) is 0 Å². The van der Waals surface area contributed by atoms with E-state index in [0.29, 0.717) is 6.23 Å². The third kappa shape index (κ3) is 7.68. The number of unbranched alkanes of at least 4 members (excludes halogenated alkanes) is 2. The fourth-order valence-electron chi connectivity index (χ4n) is 1.95. The molecular formula is C13H30AlNO. The molecule has 0 aromatic rings.